The van der Waals surface area contributed by atoms with Gasteiger partial charge in [-0.1, -0.05) is 106 Å². The summed E-state index contributed by atoms with van der Waals surface area (Å²) < 4.78 is 13.0. The first-order valence-electron chi connectivity index (χ1n) is 14.6. The summed E-state index contributed by atoms with van der Waals surface area (Å²) in [7, 11) is 3.80. The second kappa shape index (κ2) is 20.8. The molecule has 228 valence electrons. The van der Waals surface area contributed by atoms with Crippen LogP contribution in [0.5, 0.6) is 0 Å². The molecule has 6 nitrogen and oxygen atoms in total. The lowest BCUT2D eigenvalue weighted by atomic mass is 10.1. The molecule has 1 fully saturated rings. The van der Waals surface area contributed by atoms with Crippen LogP contribution >= 0.6 is 0 Å². The highest BCUT2D eigenvalue weighted by Gasteiger charge is 2.35. The van der Waals surface area contributed by atoms with Gasteiger partial charge in [-0.05, 0) is 49.9 Å². The quantitative estimate of drug-likeness (QED) is 0.343. The van der Waals surface area contributed by atoms with Crippen LogP contribution in [0.3, 0.4) is 0 Å². The summed E-state index contributed by atoms with van der Waals surface area (Å²) >= 11 is 0. The van der Waals surface area contributed by atoms with E-state index in [0.717, 1.165) is 12.1 Å². The molecule has 1 saturated heterocycles. The van der Waals surface area contributed by atoms with E-state index in [2.05, 4.69) is 43.1 Å². The molecular formula is C35H49FN4O2. The predicted octanol–water partition coefficient (Wildman–Crippen LogP) is 6.28. The Morgan fingerprint density at radius 3 is 2.05 bits per heavy atom. The molecule has 0 aromatic heterocycles. The van der Waals surface area contributed by atoms with Crippen molar-refractivity contribution >= 4 is 11.8 Å². The van der Waals surface area contributed by atoms with Gasteiger partial charge in [0, 0.05) is 26.6 Å². The summed E-state index contributed by atoms with van der Waals surface area (Å²) in [6, 6.07) is 26.9. The van der Waals surface area contributed by atoms with Crippen LogP contribution in [0.25, 0.3) is 0 Å². The number of amides is 2. The fraction of sp³-hybridized carbons (Fsp3) is 0.371. The number of nitrogens with zero attached hydrogens (tertiary/aromatic N) is 3. The van der Waals surface area contributed by atoms with Crippen molar-refractivity contribution in [1.29, 1.82) is 0 Å². The number of benzene rings is 3. The van der Waals surface area contributed by atoms with Gasteiger partial charge in [-0.25, -0.2) is 4.39 Å². The Morgan fingerprint density at radius 1 is 1.00 bits per heavy atom. The maximum atomic E-state index is 13.0. The Bertz CT molecular complexity index is 1160. The van der Waals surface area contributed by atoms with Gasteiger partial charge in [0.15, 0.2) is 0 Å². The summed E-state index contributed by atoms with van der Waals surface area (Å²) in [6.45, 7) is 13.6. The SMILES string of the molecule is C=CN(C)C1CN(CCc2ccc(F)cc2)C(=O)CN1C(=O)CC.CC.CNCc1ccccc1.Cc1ccccc1. The van der Waals surface area contributed by atoms with Crippen molar-refractivity contribution in [3.63, 3.8) is 0 Å². The zero-order chi connectivity index (χ0) is 31.3. The molecule has 0 radical (unpaired) electrons. The summed E-state index contributed by atoms with van der Waals surface area (Å²) in [6.07, 6.45) is 2.47. The van der Waals surface area contributed by atoms with E-state index in [1.165, 1.54) is 23.3 Å². The largest absolute Gasteiger partial charge is 0.360 e. The lowest BCUT2D eigenvalue weighted by Crippen LogP contribution is -2.62. The van der Waals surface area contributed by atoms with E-state index in [4.69, 9.17) is 0 Å². The molecule has 1 aliphatic rings. The van der Waals surface area contributed by atoms with Gasteiger partial charge < -0.3 is 20.0 Å². The summed E-state index contributed by atoms with van der Waals surface area (Å²) in [4.78, 5) is 29.7. The van der Waals surface area contributed by atoms with Crippen LogP contribution in [0.15, 0.2) is 97.7 Å². The molecule has 1 N–H and O–H groups in total. The van der Waals surface area contributed by atoms with Gasteiger partial charge in [0.25, 0.3) is 0 Å². The zero-order valence-corrected chi connectivity index (χ0v) is 26.2. The fourth-order valence-corrected chi connectivity index (χ4v) is 4.14. The van der Waals surface area contributed by atoms with Crippen LogP contribution < -0.4 is 5.32 Å². The van der Waals surface area contributed by atoms with Crippen molar-refractivity contribution < 1.29 is 14.0 Å². The van der Waals surface area contributed by atoms with Crippen molar-refractivity contribution in [3.05, 3.63) is 120 Å². The average Bonchev–Trinajstić information content (AvgIpc) is 3.03. The van der Waals surface area contributed by atoms with E-state index in [9.17, 15) is 14.0 Å². The summed E-state index contributed by atoms with van der Waals surface area (Å²) in [5, 5.41) is 3.08. The number of halogens is 1. The Hall–Kier alpha value is -3.97. The van der Waals surface area contributed by atoms with E-state index in [1.807, 2.05) is 69.2 Å². The Labute approximate surface area is 252 Å². The number of carbonyl (C=O) groups is 2. The molecule has 0 bridgehead atoms. The standard InChI is InChI=1S/C18H24FN3O2.C8H11N.C7H8.C2H6/c1-4-17(23)22-13-18(24)21(12-16(22)20(3)5-2)11-10-14-6-8-15(19)9-7-14;1-9-7-8-5-3-2-4-6-8;1-7-5-3-2-4-6-7;1-2/h5-9,16H,2,4,10-13H2,1,3H3;2-6,9H,7H2,1H3;2-6H,1H3;1-2H3. The summed E-state index contributed by atoms with van der Waals surface area (Å²) in [5.41, 5.74) is 3.63. The molecule has 0 spiro atoms. The van der Waals surface area contributed by atoms with Crippen LogP contribution in [0, 0.1) is 12.7 Å². The van der Waals surface area contributed by atoms with E-state index in [1.54, 1.807) is 35.1 Å². The molecule has 3 aromatic rings. The Morgan fingerprint density at radius 2 is 1.57 bits per heavy atom. The van der Waals surface area contributed by atoms with Crippen LogP contribution in [0.4, 0.5) is 4.39 Å². The van der Waals surface area contributed by atoms with E-state index < -0.39 is 0 Å². The van der Waals surface area contributed by atoms with Crippen LogP contribution in [0.1, 0.15) is 43.9 Å². The molecule has 3 aromatic carbocycles. The molecule has 4 rings (SSSR count). The number of hydrogen-bond acceptors (Lipinski definition) is 4. The minimum Gasteiger partial charge on any atom is -0.360 e. The Balaban J connectivity index is 0.000000396. The van der Waals surface area contributed by atoms with Crippen LogP contribution in [-0.4, -0.2) is 66.4 Å². The van der Waals surface area contributed by atoms with E-state index in [-0.39, 0.29) is 30.3 Å². The lowest BCUT2D eigenvalue weighted by Gasteiger charge is -2.44. The van der Waals surface area contributed by atoms with Crippen molar-refractivity contribution in [2.75, 3.05) is 33.7 Å². The second-order valence-corrected chi connectivity index (χ2v) is 9.59. The third-order valence-corrected chi connectivity index (χ3v) is 6.53. The minimum absolute atomic E-state index is 0.0414. The van der Waals surface area contributed by atoms with Crippen molar-refractivity contribution in [3.8, 4) is 0 Å². The van der Waals surface area contributed by atoms with Crippen molar-refractivity contribution in [2.24, 2.45) is 0 Å². The zero-order valence-electron chi connectivity index (χ0n) is 26.2. The molecule has 0 saturated carbocycles. The first kappa shape index (κ1) is 36.1. The van der Waals surface area contributed by atoms with E-state index in [0.29, 0.717) is 25.9 Å². The molecule has 1 unspecified atom stereocenters. The van der Waals surface area contributed by atoms with Crippen molar-refractivity contribution in [2.45, 2.75) is 53.2 Å². The van der Waals surface area contributed by atoms with Gasteiger partial charge in [0.2, 0.25) is 11.8 Å². The van der Waals surface area contributed by atoms with Crippen LogP contribution in [0.2, 0.25) is 0 Å². The van der Waals surface area contributed by atoms with Gasteiger partial charge in [-0.3, -0.25) is 9.59 Å². The molecule has 42 heavy (non-hydrogen) atoms. The molecule has 1 aliphatic heterocycles. The minimum atomic E-state index is -0.269. The number of nitrogens with one attached hydrogen (secondary N) is 1. The Kier molecular flexibility index (Phi) is 17.9. The lowest BCUT2D eigenvalue weighted by molar-refractivity contribution is -0.153. The van der Waals surface area contributed by atoms with Gasteiger partial charge in [-0.2, -0.15) is 0 Å². The highest BCUT2D eigenvalue weighted by molar-refractivity contribution is 5.86. The van der Waals surface area contributed by atoms with Crippen molar-refractivity contribution in [1.82, 2.24) is 20.0 Å². The number of aryl methyl sites for hydroxylation is 1. The predicted molar refractivity (Wildman–Crippen MR) is 172 cm³/mol. The molecule has 7 heteroatoms. The van der Waals surface area contributed by atoms with Crippen LogP contribution in [-0.2, 0) is 22.6 Å². The first-order valence-corrected chi connectivity index (χ1v) is 14.6. The molecule has 0 aliphatic carbocycles. The maximum Gasteiger partial charge on any atom is 0.242 e. The molecule has 2 amide bonds. The normalized spacial score (nSPS) is 13.8. The third-order valence-electron chi connectivity index (χ3n) is 6.53. The molecular weight excluding hydrogens is 527 g/mol. The number of piperazine rings is 1. The number of hydrogen-bond donors (Lipinski definition) is 1. The van der Waals surface area contributed by atoms with Gasteiger partial charge in [0.05, 0.1) is 6.54 Å². The van der Waals surface area contributed by atoms with Gasteiger partial charge in [-0.15, -0.1) is 0 Å². The molecule has 1 atom stereocenters. The number of likely N-dealkylation sites (N-methyl/N-ethyl adjacent to an activating group) is 1. The maximum absolute atomic E-state index is 13.0. The van der Waals surface area contributed by atoms with Gasteiger partial charge >= 0.3 is 0 Å². The highest BCUT2D eigenvalue weighted by Crippen LogP contribution is 2.16. The summed E-state index contributed by atoms with van der Waals surface area (Å²) in [5.74, 6) is -0.373. The fourth-order valence-electron chi connectivity index (χ4n) is 4.14. The monoisotopic (exact) mass is 576 g/mol. The molecule has 1 heterocycles. The van der Waals surface area contributed by atoms with Gasteiger partial charge in [0.1, 0.15) is 18.5 Å². The second-order valence-electron chi connectivity index (χ2n) is 9.59. The number of rotatable bonds is 8. The smallest absolute Gasteiger partial charge is 0.242 e. The van der Waals surface area contributed by atoms with E-state index >= 15 is 0 Å². The number of carbonyl (C=O) groups excluding carboxylic acids is 2. The third kappa shape index (κ3) is 13.1. The highest BCUT2D eigenvalue weighted by atomic mass is 19.1. The average molecular weight is 577 g/mol. The topological polar surface area (TPSA) is 55.9 Å². The first-order chi connectivity index (χ1) is 20.3.